The van der Waals surface area contributed by atoms with Crippen molar-refractivity contribution >= 4 is 15.9 Å². The SMILES string of the molecule is Cc1ccc(Br)cc1-c1nc(C#N)c2n1CCCC2. The van der Waals surface area contributed by atoms with Crippen molar-refractivity contribution in [3.63, 3.8) is 0 Å². The Morgan fingerprint density at radius 1 is 1.37 bits per heavy atom. The van der Waals surface area contributed by atoms with Gasteiger partial charge in [0.15, 0.2) is 5.69 Å². The van der Waals surface area contributed by atoms with Gasteiger partial charge in [-0.05, 0) is 43.9 Å². The zero-order chi connectivity index (χ0) is 13.4. The van der Waals surface area contributed by atoms with Crippen molar-refractivity contribution in [1.82, 2.24) is 9.55 Å². The van der Waals surface area contributed by atoms with Crippen LogP contribution in [0.25, 0.3) is 11.4 Å². The number of rotatable bonds is 1. The van der Waals surface area contributed by atoms with Crippen LogP contribution in [-0.4, -0.2) is 9.55 Å². The van der Waals surface area contributed by atoms with Crippen LogP contribution in [0.2, 0.25) is 0 Å². The normalized spacial score (nSPS) is 13.9. The quantitative estimate of drug-likeness (QED) is 0.802. The Balaban J connectivity index is 2.23. The summed E-state index contributed by atoms with van der Waals surface area (Å²) in [5.74, 6) is 0.935. The molecule has 0 atom stereocenters. The summed E-state index contributed by atoms with van der Waals surface area (Å²) in [6, 6.07) is 8.43. The van der Waals surface area contributed by atoms with Gasteiger partial charge in [-0.3, -0.25) is 0 Å². The van der Waals surface area contributed by atoms with E-state index in [1.54, 1.807) is 0 Å². The summed E-state index contributed by atoms with van der Waals surface area (Å²) in [6.45, 7) is 3.05. The highest BCUT2D eigenvalue weighted by atomic mass is 79.9. The van der Waals surface area contributed by atoms with Crippen LogP contribution in [0.5, 0.6) is 0 Å². The molecule has 1 aromatic carbocycles. The summed E-state index contributed by atoms with van der Waals surface area (Å²) in [4.78, 5) is 4.56. The maximum atomic E-state index is 9.24. The van der Waals surface area contributed by atoms with Crippen LogP contribution in [0.15, 0.2) is 22.7 Å². The molecule has 0 bridgehead atoms. The molecular formula is C15H14BrN3. The van der Waals surface area contributed by atoms with Gasteiger partial charge in [-0.15, -0.1) is 0 Å². The van der Waals surface area contributed by atoms with Gasteiger partial charge in [-0.25, -0.2) is 4.98 Å². The highest BCUT2D eigenvalue weighted by Gasteiger charge is 2.21. The van der Waals surface area contributed by atoms with E-state index < -0.39 is 0 Å². The molecule has 3 rings (SSSR count). The maximum Gasteiger partial charge on any atom is 0.162 e. The molecule has 2 heterocycles. The molecule has 1 aliphatic heterocycles. The largest absolute Gasteiger partial charge is 0.327 e. The third kappa shape index (κ3) is 2.08. The number of imidazole rings is 1. The van der Waals surface area contributed by atoms with Crippen LogP contribution in [-0.2, 0) is 13.0 Å². The molecule has 0 radical (unpaired) electrons. The first-order chi connectivity index (χ1) is 9.20. The summed E-state index contributed by atoms with van der Waals surface area (Å²) in [6.07, 6.45) is 3.27. The predicted octanol–water partition coefficient (Wildman–Crippen LogP) is 3.83. The smallest absolute Gasteiger partial charge is 0.162 e. The van der Waals surface area contributed by atoms with Gasteiger partial charge in [0.2, 0.25) is 0 Å². The average molecular weight is 316 g/mol. The lowest BCUT2D eigenvalue weighted by atomic mass is 10.1. The minimum Gasteiger partial charge on any atom is -0.327 e. The Labute approximate surface area is 121 Å². The van der Waals surface area contributed by atoms with E-state index in [-0.39, 0.29) is 0 Å². The highest BCUT2D eigenvalue weighted by molar-refractivity contribution is 9.10. The number of aryl methyl sites for hydroxylation is 1. The first-order valence-electron chi connectivity index (χ1n) is 6.46. The van der Waals surface area contributed by atoms with Crippen molar-refractivity contribution in [2.75, 3.05) is 0 Å². The van der Waals surface area contributed by atoms with E-state index in [4.69, 9.17) is 0 Å². The predicted molar refractivity (Wildman–Crippen MR) is 77.8 cm³/mol. The zero-order valence-corrected chi connectivity index (χ0v) is 12.4. The van der Waals surface area contributed by atoms with Crippen LogP contribution in [0.3, 0.4) is 0 Å². The number of hydrogen-bond acceptors (Lipinski definition) is 2. The molecule has 0 spiro atoms. The summed E-state index contributed by atoms with van der Waals surface area (Å²) >= 11 is 3.51. The Bertz CT molecular complexity index is 679. The van der Waals surface area contributed by atoms with E-state index in [1.807, 2.05) is 6.07 Å². The number of benzene rings is 1. The fourth-order valence-electron chi connectivity index (χ4n) is 2.67. The van der Waals surface area contributed by atoms with Gasteiger partial charge >= 0.3 is 0 Å². The third-order valence-electron chi connectivity index (χ3n) is 3.66. The lowest BCUT2D eigenvalue weighted by Crippen LogP contribution is -2.11. The zero-order valence-electron chi connectivity index (χ0n) is 10.8. The van der Waals surface area contributed by atoms with E-state index in [9.17, 15) is 5.26 Å². The van der Waals surface area contributed by atoms with Gasteiger partial charge in [0.05, 0.1) is 5.69 Å². The molecule has 19 heavy (non-hydrogen) atoms. The van der Waals surface area contributed by atoms with Gasteiger partial charge in [0, 0.05) is 16.6 Å². The van der Waals surface area contributed by atoms with Gasteiger partial charge < -0.3 is 4.57 Å². The molecule has 4 heteroatoms. The molecule has 3 nitrogen and oxygen atoms in total. The Kier molecular flexibility index (Phi) is 3.16. The first-order valence-corrected chi connectivity index (χ1v) is 7.26. The standard InChI is InChI=1S/C15H14BrN3/c1-10-5-6-11(16)8-12(10)15-18-13(9-17)14-4-2-3-7-19(14)15/h5-6,8H,2-4,7H2,1H3. The second-order valence-corrected chi connectivity index (χ2v) is 5.83. The molecule has 96 valence electrons. The molecule has 0 aliphatic carbocycles. The summed E-state index contributed by atoms with van der Waals surface area (Å²) in [7, 11) is 0. The van der Waals surface area contributed by atoms with Crippen molar-refractivity contribution in [1.29, 1.82) is 5.26 Å². The van der Waals surface area contributed by atoms with E-state index in [1.165, 1.54) is 5.56 Å². The van der Waals surface area contributed by atoms with E-state index in [2.05, 4.69) is 50.6 Å². The summed E-state index contributed by atoms with van der Waals surface area (Å²) in [5.41, 5.74) is 3.99. The molecule has 0 saturated carbocycles. The van der Waals surface area contributed by atoms with Crippen LogP contribution in [0.1, 0.15) is 29.8 Å². The molecule has 0 fully saturated rings. The van der Waals surface area contributed by atoms with Crippen molar-refractivity contribution in [2.45, 2.75) is 32.7 Å². The van der Waals surface area contributed by atoms with Gasteiger partial charge in [0.1, 0.15) is 11.9 Å². The van der Waals surface area contributed by atoms with Crippen molar-refractivity contribution in [3.05, 3.63) is 39.6 Å². The first kappa shape index (κ1) is 12.4. The molecule has 0 saturated heterocycles. The molecule has 1 aromatic heterocycles. The second kappa shape index (κ2) is 4.82. The van der Waals surface area contributed by atoms with E-state index in [0.29, 0.717) is 5.69 Å². The van der Waals surface area contributed by atoms with Crippen molar-refractivity contribution in [3.8, 4) is 17.5 Å². The minimum absolute atomic E-state index is 0.592. The number of nitrogens with zero attached hydrogens (tertiary/aromatic N) is 3. The van der Waals surface area contributed by atoms with E-state index >= 15 is 0 Å². The highest BCUT2D eigenvalue weighted by Crippen LogP contribution is 2.30. The van der Waals surface area contributed by atoms with Crippen molar-refractivity contribution < 1.29 is 0 Å². The lowest BCUT2D eigenvalue weighted by Gasteiger charge is -2.17. The van der Waals surface area contributed by atoms with Crippen LogP contribution < -0.4 is 0 Å². The van der Waals surface area contributed by atoms with E-state index in [0.717, 1.165) is 47.4 Å². The topological polar surface area (TPSA) is 41.6 Å². The molecule has 0 amide bonds. The fraction of sp³-hybridized carbons (Fsp3) is 0.333. The van der Waals surface area contributed by atoms with Gasteiger partial charge in [0.25, 0.3) is 0 Å². The lowest BCUT2D eigenvalue weighted by molar-refractivity contribution is 0.535. The number of nitriles is 1. The second-order valence-electron chi connectivity index (χ2n) is 4.91. The minimum atomic E-state index is 0.592. The van der Waals surface area contributed by atoms with Gasteiger partial charge in [-0.1, -0.05) is 22.0 Å². The average Bonchev–Trinajstić information content (AvgIpc) is 2.80. The summed E-state index contributed by atoms with van der Waals surface area (Å²) < 4.78 is 3.26. The monoisotopic (exact) mass is 315 g/mol. The molecule has 0 unspecified atom stereocenters. The van der Waals surface area contributed by atoms with Crippen LogP contribution >= 0.6 is 15.9 Å². The van der Waals surface area contributed by atoms with Crippen molar-refractivity contribution in [2.24, 2.45) is 0 Å². The maximum absolute atomic E-state index is 9.24. The molecular weight excluding hydrogens is 302 g/mol. The summed E-state index contributed by atoms with van der Waals surface area (Å²) in [5, 5.41) is 9.24. The Morgan fingerprint density at radius 3 is 3.00 bits per heavy atom. The number of halogens is 1. The third-order valence-corrected chi connectivity index (χ3v) is 4.16. The number of aromatic nitrogens is 2. The molecule has 0 N–H and O–H groups in total. The molecule has 1 aliphatic rings. The van der Waals surface area contributed by atoms with Gasteiger partial charge in [-0.2, -0.15) is 5.26 Å². The Hall–Kier alpha value is -1.60. The number of fused-ring (bicyclic) bond motifs is 1. The Morgan fingerprint density at radius 2 is 2.21 bits per heavy atom. The van der Waals surface area contributed by atoms with Crippen LogP contribution in [0.4, 0.5) is 0 Å². The molecule has 2 aromatic rings. The van der Waals surface area contributed by atoms with Crippen LogP contribution in [0, 0.1) is 18.3 Å². The number of hydrogen-bond donors (Lipinski definition) is 0. The fourth-order valence-corrected chi connectivity index (χ4v) is 3.03.